The third-order valence-corrected chi connectivity index (χ3v) is 5.07. The van der Waals surface area contributed by atoms with E-state index in [1.54, 1.807) is 19.2 Å². The Hall–Kier alpha value is -3.29. The zero-order chi connectivity index (χ0) is 19.7. The number of nitro groups is 1. The van der Waals surface area contributed by atoms with Crippen LogP contribution in [0.3, 0.4) is 0 Å². The van der Waals surface area contributed by atoms with Crippen LogP contribution in [0.2, 0.25) is 0 Å². The number of rotatable bonds is 5. The van der Waals surface area contributed by atoms with Gasteiger partial charge in [0.1, 0.15) is 5.69 Å². The lowest BCUT2D eigenvalue weighted by molar-refractivity contribution is -0.384. The molecule has 2 aliphatic heterocycles. The lowest BCUT2D eigenvalue weighted by Gasteiger charge is -2.20. The van der Waals surface area contributed by atoms with E-state index in [-0.39, 0.29) is 18.4 Å². The highest BCUT2D eigenvalue weighted by atomic mass is 16.7. The van der Waals surface area contributed by atoms with Crippen molar-refractivity contribution < 1.29 is 19.2 Å². The zero-order valence-electron chi connectivity index (χ0n) is 15.6. The molecule has 28 heavy (non-hydrogen) atoms. The molecule has 0 aliphatic carbocycles. The molecule has 4 rings (SSSR count). The molecule has 0 saturated carbocycles. The van der Waals surface area contributed by atoms with Gasteiger partial charge in [0, 0.05) is 38.3 Å². The third-order valence-electron chi connectivity index (χ3n) is 5.07. The van der Waals surface area contributed by atoms with E-state index in [9.17, 15) is 14.9 Å². The average Bonchev–Trinajstić information content (AvgIpc) is 3.38. The van der Waals surface area contributed by atoms with Crippen molar-refractivity contribution in [3.63, 3.8) is 0 Å². The molecule has 0 unspecified atom stereocenters. The van der Waals surface area contributed by atoms with Gasteiger partial charge < -0.3 is 19.3 Å². The fourth-order valence-electron chi connectivity index (χ4n) is 3.63. The van der Waals surface area contributed by atoms with Gasteiger partial charge in [0.2, 0.25) is 6.79 Å². The number of fused-ring (bicyclic) bond motifs is 1. The summed E-state index contributed by atoms with van der Waals surface area (Å²) in [6.45, 7) is 2.16. The van der Waals surface area contributed by atoms with Crippen molar-refractivity contribution in [3.8, 4) is 11.5 Å². The van der Waals surface area contributed by atoms with Crippen LogP contribution in [0.5, 0.6) is 11.5 Å². The van der Waals surface area contributed by atoms with Gasteiger partial charge in [-0.2, -0.15) is 0 Å². The number of hydrogen-bond donors (Lipinski definition) is 0. The molecule has 0 spiro atoms. The van der Waals surface area contributed by atoms with Crippen molar-refractivity contribution in [2.24, 2.45) is 0 Å². The van der Waals surface area contributed by atoms with Crippen molar-refractivity contribution in [3.05, 3.63) is 57.6 Å². The summed E-state index contributed by atoms with van der Waals surface area (Å²) in [5.74, 6) is 1.07. The number of benzene rings is 2. The number of anilines is 1. The maximum Gasteiger partial charge on any atom is 0.293 e. The molecular formula is C20H21N3O5. The SMILES string of the molecule is CN(Cc1ccc2c(c1)OCO2)C(=O)c1ccc(N2CCCC2)c([N+](=O)[O-])c1. The van der Waals surface area contributed by atoms with E-state index in [1.807, 2.05) is 23.1 Å². The van der Waals surface area contributed by atoms with Crippen molar-refractivity contribution in [1.29, 1.82) is 0 Å². The summed E-state index contributed by atoms with van der Waals surface area (Å²) in [6, 6.07) is 10.3. The molecule has 2 aliphatic rings. The monoisotopic (exact) mass is 383 g/mol. The molecule has 8 heteroatoms. The van der Waals surface area contributed by atoms with Crippen LogP contribution < -0.4 is 14.4 Å². The van der Waals surface area contributed by atoms with Gasteiger partial charge in [-0.05, 0) is 42.7 Å². The Bertz CT molecular complexity index is 924. The summed E-state index contributed by atoms with van der Waals surface area (Å²) < 4.78 is 10.7. The second-order valence-electron chi connectivity index (χ2n) is 7.00. The summed E-state index contributed by atoms with van der Waals surface area (Å²) in [4.78, 5) is 27.5. The number of carbonyl (C=O) groups is 1. The van der Waals surface area contributed by atoms with Gasteiger partial charge in [0.15, 0.2) is 11.5 Å². The van der Waals surface area contributed by atoms with Gasteiger partial charge in [-0.1, -0.05) is 6.07 Å². The smallest absolute Gasteiger partial charge is 0.293 e. The number of amides is 1. The molecule has 0 aromatic heterocycles. The van der Waals surface area contributed by atoms with Crippen LogP contribution in [0, 0.1) is 10.1 Å². The standard InChI is InChI=1S/C20H21N3O5/c1-21(12-14-4-7-18-19(10-14)28-13-27-18)20(24)15-5-6-16(17(11-15)23(25)26)22-8-2-3-9-22/h4-7,10-11H,2-3,8-9,12-13H2,1H3. The Balaban J connectivity index is 1.53. The molecule has 0 N–H and O–H groups in total. The lowest BCUT2D eigenvalue weighted by Crippen LogP contribution is -2.26. The Morgan fingerprint density at radius 2 is 1.89 bits per heavy atom. The molecule has 2 heterocycles. The summed E-state index contributed by atoms with van der Waals surface area (Å²) >= 11 is 0. The van der Waals surface area contributed by atoms with Gasteiger partial charge >= 0.3 is 0 Å². The van der Waals surface area contributed by atoms with Gasteiger partial charge in [-0.3, -0.25) is 14.9 Å². The summed E-state index contributed by atoms with van der Waals surface area (Å²) in [6.07, 6.45) is 2.05. The molecule has 146 valence electrons. The second kappa shape index (κ2) is 7.38. The van der Waals surface area contributed by atoms with Crippen LogP contribution in [0.4, 0.5) is 11.4 Å². The Labute approximate surface area is 162 Å². The highest BCUT2D eigenvalue weighted by Gasteiger charge is 2.25. The van der Waals surface area contributed by atoms with Gasteiger partial charge in [-0.15, -0.1) is 0 Å². The van der Waals surface area contributed by atoms with E-state index in [1.165, 1.54) is 11.0 Å². The first kappa shape index (κ1) is 18.1. The first-order valence-corrected chi connectivity index (χ1v) is 9.20. The van der Waals surface area contributed by atoms with Gasteiger partial charge in [-0.25, -0.2) is 0 Å². The molecule has 1 amide bonds. The fraction of sp³-hybridized carbons (Fsp3) is 0.350. The summed E-state index contributed by atoms with van der Waals surface area (Å²) in [5, 5.41) is 11.6. The van der Waals surface area contributed by atoms with Crippen LogP contribution in [-0.4, -0.2) is 42.7 Å². The van der Waals surface area contributed by atoms with E-state index < -0.39 is 4.92 Å². The van der Waals surface area contributed by atoms with Crippen LogP contribution >= 0.6 is 0 Å². The molecule has 8 nitrogen and oxygen atoms in total. The number of nitro benzene ring substituents is 1. The molecular weight excluding hydrogens is 362 g/mol. The number of ether oxygens (including phenoxy) is 2. The lowest BCUT2D eigenvalue weighted by atomic mass is 10.1. The minimum atomic E-state index is -0.414. The van der Waals surface area contributed by atoms with E-state index in [2.05, 4.69) is 0 Å². The largest absolute Gasteiger partial charge is 0.454 e. The molecule has 0 radical (unpaired) electrons. The van der Waals surface area contributed by atoms with Crippen molar-refractivity contribution >= 4 is 17.3 Å². The second-order valence-corrected chi connectivity index (χ2v) is 7.00. The van der Waals surface area contributed by atoms with Crippen molar-refractivity contribution in [2.75, 3.05) is 31.8 Å². The third kappa shape index (κ3) is 3.45. The Kier molecular flexibility index (Phi) is 4.77. The fourth-order valence-corrected chi connectivity index (χ4v) is 3.63. The predicted octanol–water partition coefficient (Wildman–Crippen LogP) is 3.20. The molecule has 0 bridgehead atoms. The minimum Gasteiger partial charge on any atom is -0.454 e. The quantitative estimate of drug-likeness (QED) is 0.582. The molecule has 1 saturated heterocycles. The van der Waals surface area contributed by atoms with E-state index in [0.717, 1.165) is 31.5 Å². The first-order chi connectivity index (χ1) is 13.5. The number of hydrogen-bond acceptors (Lipinski definition) is 6. The highest BCUT2D eigenvalue weighted by Crippen LogP contribution is 2.34. The Morgan fingerprint density at radius 3 is 2.64 bits per heavy atom. The van der Waals surface area contributed by atoms with E-state index in [4.69, 9.17) is 9.47 Å². The summed E-state index contributed by atoms with van der Waals surface area (Å²) in [5.41, 5.74) is 1.75. The maximum absolute atomic E-state index is 12.8. The average molecular weight is 383 g/mol. The van der Waals surface area contributed by atoms with Crippen LogP contribution in [0.1, 0.15) is 28.8 Å². The minimum absolute atomic E-state index is 0.0239. The number of carbonyl (C=O) groups excluding carboxylic acids is 1. The molecule has 2 aromatic rings. The van der Waals surface area contributed by atoms with Crippen LogP contribution in [0.25, 0.3) is 0 Å². The topological polar surface area (TPSA) is 85.2 Å². The first-order valence-electron chi connectivity index (χ1n) is 9.20. The van der Waals surface area contributed by atoms with Crippen molar-refractivity contribution in [2.45, 2.75) is 19.4 Å². The number of nitrogens with zero attached hydrogens (tertiary/aromatic N) is 3. The van der Waals surface area contributed by atoms with Crippen LogP contribution in [0.15, 0.2) is 36.4 Å². The zero-order valence-corrected chi connectivity index (χ0v) is 15.6. The highest BCUT2D eigenvalue weighted by molar-refractivity contribution is 5.95. The van der Waals surface area contributed by atoms with Gasteiger partial charge in [0.25, 0.3) is 11.6 Å². The van der Waals surface area contributed by atoms with Gasteiger partial charge in [0.05, 0.1) is 4.92 Å². The van der Waals surface area contributed by atoms with E-state index >= 15 is 0 Å². The molecule has 0 atom stereocenters. The van der Waals surface area contributed by atoms with Crippen LogP contribution in [-0.2, 0) is 6.54 Å². The normalized spacial score (nSPS) is 15.0. The molecule has 1 fully saturated rings. The van der Waals surface area contributed by atoms with E-state index in [0.29, 0.717) is 29.3 Å². The summed E-state index contributed by atoms with van der Waals surface area (Å²) in [7, 11) is 1.67. The molecule has 2 aromatic carbocycles. The predicted molar refractivity (Wildman–Crippen MR) is 103 cm³/mol. The van der Waals surface area contributed by atoms with Crippen molar-refractivity contribution in [1.82, 2.24) is 4.90 Å². The maximum atomic E-state index is 12.8. The Morgan fingerprint density at radius 1 is 1.14 bits per heavy atom.